The SMILES string of the molecule is CN(CCS(C)(=O)=O)Cc1ccc(N)cc1Br. The Morgan fingerprint density at radius 2 is 2.06 bits per heavy atom. The van der Waals surface area contributed by atoms with E-state index in [9.17, 15) is 8.42 Å². The van der Waals surface area contributed by atoms with Crippen molar-refractivity contribution in [2.45, 2.75) is 6.54 Å². The number of nitrogens with zero attached hydrogens (tertiary/aromatic N) is 1. The molecule has 0 saturated heterocycles. The Hall–Kier alpha value is -0.590. The van der Waals surface area contributed by atoms with Crippen LogP contribution in [0.2, 0.25) is 0 Å². The van der Waals surface area contributed by atoms with Crippen LogP contribution in [0.3, 0.4) is 0 Å². The minimum Gasteiger partial charge on any atom is -0.399 e. The predicted octanol–water partition coefficient (Wildman–Crippen LogP) is 1.51. The fourth-order valence-electron chi connectivity index (χ4n) is 1.38. The van der Waals surface area contributed by atoms with Crippen LogP contribution in [0, 0.1) is 0 Å². The van der Waals surface area contributed by atoms with E-state index in [0.29, 0.717) is 18.8 Å². The summed E-state index contributed by atoms with van der Waals surface area (Å²) in [6.45, 7) is 1.21. The molecule has 2 N–H and O–H groups in total. The van der Waals surface area contributed by atoms with Gasteiger partial charge in [-0.15, -0.1) is 0 Å². The standard InChI is InChI=1S/C11H17BrN2O2S/c1-14(5-6-17(2,15)16)8-9-3-4-10(13)7-11(9)12/h3-4,7H,5-6,8,13H2,1-2H3. The van der Waals surface area contributed by atoms with Crippen molar-refractivity contribution in [2.75, 3.05) is 31.3 Å². The molecule has 0 unspecified atom stereocenters. The molecule has 0 atom stereocenters. The van der Waals surface area contributed by atoms with Crippen molar-refractivity contribution in [3.05, 3.63) is 28.2 Å². The van der Waals surface area contributed by atoms with Gasteiger partial charge in [0.25, 0.3) is 0 Å². The molecule has 4 nitrogen and oxygen atoms in total. The van der Waals surface area contributed by atoms with Crippen LogP contribution in [-0.4, -0.2) is 38.9 Å². The first-order valence-corrected chi connectivity index (χ1v) is 8.03. The van der Waals surface area contributed by atoms with Gasteiger partial charge in [-0.2, -0.15) is 0 Å². The van der Waals surface area contributed by atoms with Crippen LogP contribution in [0.25, 0.3) is 0 Å². The third kappa shape index (κ3) is 5.52. The van der Waals surface area contributed by atoms with Gasteiger partial charge in [0.2, 0.25) is 0 Å². The van der Waals surface area contributed by atoms with Crippen LogP contribution in [0.4, 0.5) is 5.69 Å². The van der Waals surface area contributed by atoms with Gasteiger partial charge >= 0.3 is 0 Å². The molecule has 0 fully saturated rings. The highest BCUT2D eigenvalue weighted by Gasteiger charge is 2.08. The van der Waals surface area contributed by atoms with E-state index in [-0.39, 0.29) is 5.75 Å². The third-order valence-electron chi connectivity index (χ3n) is 2.36. The van der Waals surface area contributed by atoms with Crippen LogP contribution in [-0.2, 0) is 16.4 Å². The summed E-state index contributed by atoms with van der Waals surface area (Å²) in [5.74, 6) is 0.177. The molecule has 0 heterocycles. The molecule has 6 heteroatoms. The largest absolute Gasteiger partial charge is 0.399 e. The van der Waals surface area contributed by atoms with Crippen LogP contribution in [0.5, 0.6) is 0 Å². The van der Waals surface area contributed by atoms with E-state index in [4.69, 9.17) is 5.73 Å². The highest BCUT2D eigenvalue weighted by molar-refractivity contribution is 9.10. The maximum atomic E-state index is 11.0. The summed E-state index contributed by atoms with van der Waals surface area (Å²) in [6.07, 6.45) is 1.25. The van der Waals surface area contributed by atoms with Gasteiger partial charge in [-0.25, -0.2) is 8.42 Å². The lowest BCUT2D eigenvalue weighted by Crippen LogP contribution is -2.25. The van der Waals surface area contributed by atoms with Gasteiger partial charge in [0.1, 0.15) is 9.84 Å². The number of sulfone groups is 1. The lowest BCUT2D eigenvalue weighted by Gasteiger charge is -2.17. The van der Waals surface area contributed by atoms with Gasteiger partial charge < -0.3 is 10.6 Å². The number of hydrogen-bond donors (Lipinski definition) is 1. The Balaban J connectivity index is 2.59. The van der Waals surface area contributed by atoms with E-state index >= 15 is 0 Å². The average molecular weight is 321 g/mol. The Kier molecular flexibility index (Phi) is 4.97. The van der Waals surface area contributed by atoms with E-state index in [1.807, 2.05) is 30.1 Å². The summed E-state index contributed by atoms with van der Waals surface area (Å²) in [4.78, 5) is 1.97. The molecule has 0 aliphatic heterocycles. The Morgan fingerprint density at radius 3 is 2.59 bits per heavy atom. The number of rotatable bonds is 5. The third-order valence-corrected chi connectivity index (χ3v) is 4.02. The van der Waals surface area contributed by atoms with Crippen molar-refractivity contribution in [1.29, 1.82) is 0 Å². The van der Waals surface area contributed by atoms with E-state index in [2.05, 4.69) is 15.9 Å². The maximum Gasteiger partial charge on any atom is 0.148 e. The molecule has 0 saturated carbocycles. The van der Waals surface area contributed by atoms with Crippen LogP contribution in [0.1, 0.15) is 5.56 Å². The molecule has 96 valence electrons. The summed E-state index contributed by atoms with van der Waals surface area (Å²) in [5.41, 5.74) is 7.45. The zero-order chi connectivity index (χ0) is 13.1. The lowest BCUT2D eigenvalue weighted by molar-refractivity contribution is 0.345. The van der Waals surface area contributed by atoms with E-state index in [1.165, 1.54) is 6.26 Å². The number of anilines is 1. The van der Waals surface area contributed by atoms with Gasteiger partial charge in [0, 0.05) is 29.5 Å². The molecule has 0 aliphatic carbocycles. The molecule has 0 amide bonds. The number of halogens is 1. The smallest absolute Gasteiger partial charge is 0.148 e. The summed E-state index contributed by atoms with van der Waals surface area (Å²) in [6, 6.07) is 5.63. The highest BCUT2D eigenvalue weighted by Crippen LogP contribution is 2.20. The second kappa shape index (κ2) is 5.84. The molecule has 1 rings (SSSR count). The monoisotopic (exact) mass is 320 g/mol. The first-order chi connectivity index (χ1) is 7.78. The summed E-state index contributed by atoms with van der Waals surface area (Å²) in [5, 5.41) is 0. The van der Waals surface area contributed by atoms with Crippen molar-refractivity contribution in [3.8, 4) is 0 Å². The van der Waals surface area contributed by atoms with Crippen molar-refractivity contribution >= 4 is 31.5 Å². The van der Waals surface area contributed by atoms with Gasteiger partial charge in [0.15, 0.2) is 0 Å². The summed E-state index contributed by atoms with van der Waals surface area (Å²) in [7, 11) is -1.00. The fraction of sp³-hybridized carbons (Fsp3) is 0.455. The molecule has 0 radical (unpaired) electrons. The first-order valence-electron chi connectivity index (χ1n) is 5.18. The normalized spacial score (nSPS) is 12.0. The van der Waals surface area contributed by atoms with Gasteiger partial charge in [-0.1, -0.05) is 22.0 Å². The highest BCUT2D eigenvalue weighted by atomic mass is 79.9. The summed E-state index contributed by atoms with van der Waals surface area (Å²) < 4.78 is 23.0. The molecule has 0 bridgehead atoms. The quantitative estimate of drug-likeness (QED) is 0.835. The van der Waals surface area contributed by atoms with Gasteiger partial charge in [-0.05, 0) is 24.7 Å². The van der Waals surface area contributed by atoms with Gasteiger partial charge in [0.05, 0.1) is 5.75 Å². The maximum absolute atomic E-state index is 11.0. The van der Waals surface area contributed by atoms with Crippen molar-refractivity contribution < 1.29 is 8.42 Å². The molecule has 0 aliphatic rings. The molecule has 1 aromatic carbocycles. The number of nitrogens with two attached hydrogens (primary N) is 1. The molecule has 0 aromatic heterocycles. The zero-order valence-electron chi connectivity index (χ0n) is 9.98. The van der Waals surface area contributed by atoms with Crippen molar-refractivity contribution in [3.63, 3.8) is 0 Å². The Morgan fingerprint density at radius 1 is 1.41 bits per heavy atom. The number of benzene rings is 1. The van der Waals surface area contributed by atoms with Crippen LogP contribution < -0.4 is 5.73 Å². The minimum atomic E-state index is -2.90. The number of nitrogen functional groups attached to an aromatic ring is 1. The molecular weight excluding hydrogens is 304 g/mol. The number of hydrogen-bond acceptors (Lipinski definition) is 4. The predicted molar refractivity (Wildman–Crippen MR) is 74.6 cm³/mol. The van der Waals surface area contributed by atoms with Crippen LogP contribution in [0.15, 0.2) is 22.7 Å². The molecule has 0 spiro atoms. The van der Waals surface area contributed by atoms with E-state index in [0.717, 1.165) is 10.0 Å². The topological polar surface area (TPSA) is 63.4 Å². The lowest BCUT2D eigenvalue weighted by atomic mass is 10.2. The second-order valence-electron chi connectivity index (χ2n) is 4.22. The van der Waals surface area contributed by atoms with Crippen molar-refractivity contribution in [1.82, 2.24) is 4.90 Å². The molecular formula is C11H17BrN2O2S. The van der Waals surface area contributed by atoms with Crippen LogP contribution >= 0.6 is 15.9 Å². The first kappa shape index (κ1) is 14.5. The van der Waals surface area contributed by atoms with E-state index in [1.54, 1.807) is 0 Å². The molecule has 17 heavy (non-hydrogen) atoms. The Bertz CT molecular complexity index is 488. The van der Waals surface area contributed by atoms with E-state index < -0.39 is 9.84 Å². The second-order valence-corrected chi connectivity index (χ2v) is 7.33. The Labute approximate surface area is 111 Å². The molecule has 1 aromatic rings. The van der Waals surface area contributed by atoms with Gasteiger partial charge in [-0.3, -0.25) is 0 Å². The zero-order valence-corrected chi connectivity index (χ0v) is 12.4. The average Bonchev–Trinajstić information content (AvgIpc) is 2.18. The minimum absolute atomic E-state index is 0.177. The fourth-order valence-corrected chi connectivity index (χ4v) is 2.55. The van der Waals surface area contributed by atoms with Crippen molar-refractivity contribution in [2.24, 2.45) is 0 Å². The summed E-state index contributed by atoms with van der Waals surface area (Å²) >= 11 is 3.44.